The standard InChI is InChI=1S/C25H23N5O2/c1-16-8-9-19-21(11-16)28-23(20-6-2-3-7-22(20)31)29-24(19)30-14-18(15-30)25(32)27-13-17-5-4-10-26-12-17/h2-12,18,31H,13-15H2,1H3,(H,27,32). The van der Waals surface area contributed by atoms with Crippen molar-refractivity contribution in [3.8, 4) is 17.1 Å². The van der Waals surface area contributed by atoms with Crippen LogP contribution < -0.4 is 10.2 Å². The van der Waals surface area contributed by atoms with Gasteiger partial charge in [0.2, 0.25) is 5.91 Å². The quantitative estimate of drug-likeness (QED) is 0.509. The number of amides is 1. The molecule has 0 saturated carbocycles. The highest BCUT2D eigenvalue weighted by molar-refractivity contribution is 5.93. The van der Waals surface area contributed by atoms with Gasteiger partial charge in [0, 0.05) is 37.4 Å². The van der Waals surface area contributed by atoms with Gasteiger partial charge in [-0.1, -0.05) is 24.3 Å². The van der Waals surface area contributed by atoms with Gasteiger partial charge in [0.15, 0.2) is 5.82 Å². The van der Waals surface area contributed by atoms with Crippen molar-refractivity contribution in [2.45, 2.75) is 13.5 Å². The van der Waals surface area contributed by atoms with Crippen molar-refractivity contribution in [1.82, 2.24) is 20.3 Å². The number of carbonyl (C=O) groups is 1. The van der Waals surface area contributed by atoms with Gasteiger partial charge < -0.3 is 15.3 Å². The molecule has 1 aliphatic heterocycles. The molecule has 1 saturated heterocycles. The van der Waals surface area contributed by atoms with E-state index in [1.54, 1.807) is 30.6 Å². The zero-order chi connectivity index (χ0) is 22.1. The number of carbonyl (C=O) groups excluding carboxylic acids is 1. The van der Waals surface area contributed by atoms with E-state index >= 15 is 0 Å². The zero-order valence-electron chi connectivity index (χ0n) is 17.7. The number of hydrogen-bond donors (Lipinski definition) is 2. The van der Waals surface area contributed by atoms with Crippen LogP contribution in [0.25, 0.3) is 22.3 Å². The molecule has 2 aromatic heterocycles. The van der Waals surface area contributed by atoms with E-state index in [0.717, 1.165) is 27.8 Å². The number of aryl methyl sites for hydroxylation is 1. The van der Waals surface area contributed by atoms with Gasteiger partial charge in [-0.25, -0.2) is 9.97 Å². The van der Waals surface area contributed by atoms with E-state index in [0.29, 0.717) is 31.0 Å². The molecule has 32 heavy (non-hydrogen) atoms. The number of pyridine rings is 1. The van der Waals surface area contributed by atoms with Crippen molar-refractivity contribution in [3.63, 3.8) is 0 Å². The first-order chi connectivity index (χ1) is 15.6. The first-order valence-electron chi connectivity index (χ1n) is 10.6. The molecule has 5 rings (SSSR count). The lowest BCUT2D eigenvalue weighted by molar-refractivity contribution is -0.125. The Bertz CT molecular complexity index is 1290. The van der Waals surface area contributed by atoms with Crippen LogP contribution >= 0.6 is 0 Å². The highest BCUT2D eigenvalue weighted by atomic mass is 16.3. The number of aromatic hydroxyl groups is 1. The summed E-state index contributed by atoms with van der Waals surface area (Å²) in [7, 11) is 0. The fourth-order valence-corrected chi connectivity index (χ4v) is 3.90. The van der Waals surface area contributed by atoms with Gasteiger partial charge in [0.1, 0.15) is 11.6 Å². The van der Waals surface area contributed by atoms with Crippen molar-refractivity contribution in [2.75, 3.05) is 18.0 Å². The van der Waals surface area contributed by atoms with Crippen LogP contribution in [0.5, 0.6) is 5.75 Å². The lowest BCUT2D eigenvalue weighted by atomic mass is 9.98. The molecule has 0 bridgehead atoms. The maximum absolute atomic E-state index is 12.6. The van der Waals surface area contributed by atoms with E-state index in [4.69, 9.17) is 9.97 Å². The average Bonchev–Trinajstić information content (AvgIpc) is 2.77. The molecule has 7 heteroatoms. The van der Waals surface area contributed by atoms with Crippen molar-refractivity contribution in [1.29, 1.82) is 0 Å². The van der Waals surface area contributed by atoms with Gasteiger partial charge >= 0.3 is 0 Å². The lowest BCUT2D eigenvalue weighted by Gasteiger charge is -2.39. The molecule has 0 spiro atoms. The fraction of sp³-hybridized carbons (Fsp3) is 0.200. The molecular weight excluding hydrogens is 402 g/mol. The van der Waals surface area contributed by atoms with Crippen LogP contribution in [-0.2, 0) is 11.3 Å². The third kappa shape index (κ3) is 3.85. The third-order valence-electron chi connectivity index (χ3n) is 5.72. The number of nitrogens with one attached hydrogen (secondary N) is 1. The van der Waals surface area contributed by atoms with E-state index in [2.05, 4.69) is 15.2 Å². The van der Waals surface area contributed by atoms with E-state index in [-0.39, 0.29) is 17.6 Å². The van der Waals surface area contributed by atoms with Gasteiger partial charge in [0.05, 0.1) is 17.0 Å². The largest absolute Gasteiger partial charge is 0.507 e. The van der Waals surface area contributed by atoms with Crippen molar-refractivity contribution >= 4 is 22.6 Å². The molecule has 4 aromatic rings. The van der Waals surface area contributed by atoms with Crippen LogP contribution in [-0.4, -0.2) is 39.1 Å². The number of phenolic OH excluding ortho intramolecular Hbond substituents is 1. The number of aromatic nitrogens is 3. The zero-order valence-corrected chi connectivity index (χ0v) is 17.7. The van der Waals surface area contributed by atoms with Gasteiger partial charge in [-0.3, -0.25) is 9.78 Å². The molecule has 0 radical (unpaired) electrons. The number of fused-ring (bicyclic) bond motifs is 1. The molecule has 0 atom stereocenters. The number of anilines is 1. The van der Waals surface area contributed by atoms with Gasteiger partial charge in [-0.2, -0.15) is 0 Å². The van der Waals surface area contributed by atoms with Crippen molar-refractivity contribution in [2.24, 2.45) is 5.92 Å². The summed E-state index contributed by atoms with van der Waals surface area (Å²) in [5, 5.41) is 14.2. The Hall–Kier alpha value is -4.00. The molecule has 1 fully saturated rings. The van der Waals surface area contributed by atoms with Gasteiger partial charge in [-0.15, -0.1) is 0 Å². The summed E-state index contributed by atoms with van der Waals surface area (Å²) in [5.41, 5.74) is 3.48. The lowest BCUT2D eigenvalue weighted by Crippen LogP contribution is -2.54. The Kier molecular flexibility index (Phi) is 5.15. The maximum Gasteiger partial charge on any atom is 0.226 e. The topological polar surface area (TPSA) is 91.2 Å². The van der Waals surface area contributed by atoms with Crippen molar-refractivity contribution in [3.05, 3.63) is 78.1 Å². The number of hydrogen-bond acceptors (Lipinski definition) is 6. The molecule has 3 heterocycles. The predicted molar refractivity (Wildman–Crippen MR) is 123 cm³/mol. The molecule has 1 amide bonds. The number of benzene rings is 2. The first kappa shape index (κ1) is 19.9. The molecule has 7 nitrogen and oxygen atoms in total. The third-order valence-corrected chi connectivity index (χ3v) is 5.72. The summed E-state index contributed by atoms with van der Waals surface area (Å²) in [6.45, 7) is 3.65. The molecule has 160 valence electrons. The van der Waals surface area contributed by atoms with Crippen LogP contribution in [0.4, 0.5) is 5.82 Å². The van der Waals surface area contributed by atoms with Crippen molar-refractivity contribution < 1.29 is 9.90 Å². The van der Waals surface area contributed by atoms with E-state index in [1.165, 1.54) is 0 Å². The number of nitrogens with zero attached hydrogens (tertiary/aromatic N) is 4. The smallest absolute Gasteiger partial charge is 0.226 e. The fourth-order valence-electron chi connectivity index (χ4n) is 3.90. The van der Waals surface area contributed by atoms with Gasteiger partial charge in [0.25, 0.3) is 0 Å². The molecule has 2 aromatic carbocycles. The summed E-state index contributed by atoms with van der Waals surface area (Å²) in [5.74, 6) is 1.32. The number of phenols is 1. The molecule has 1 aliphatic rings. The van der Waals surface area contributed by atoms with Crippen LogP contribution in [0.1, 0.15) is 11.1 Å². The Balaban J connectivity index is 1.38. The highest BCUT2D eigenvalue weighted by Crippen LogP contribution is 2.34. The minimum atomic E-state index is -0.101. The molecule has 2 N–H and O–H groups in total. The Morgan fingerprint density at radius 2 is 1.97 bits per heavy atom. The highest BCUT2D eigenvalue weighted by Gasteiger charge is 2.34. The second-order valence-corrected chi connectivity index (χ2v) is 8.09. The summed E-state index contributed by atoms with van der Waals surface area (Å²) in [4.78, 5) is 28.3. The average molecular weight is 425 g/mol. The summed E-state index contributed by atoms with van der Waals surface area (Å²) >= 11 is 0. The van der Waals surface area contributed by atoms with Crippen LogP contribution in [0, 0.1) is 12.8 Å². The Labute approximate surface area is 185 Å². The number of rotatable bonds is 5. The maximum atomic E-state index is 12.6. The van der Waals surface area contributed by atoms with E-state index in [9.17, 15) is 9.90 Å². The van der Waals surface area contributed by atoms with E-state index < -0.39 is 0 Å². The van der Waals surface area contributed by atoms with Crippen LogP contribution in [0.2, 0.25) is 0 Å². The molecule has 0 unspecified atom stereocenters. The normalized spacial score (nSPS) is 13.7. The SMILES string of the molecule is Cc1ccc2c(N3CC(C(=O)NCc4cccnc4)C3)nc(-c3ccccc3O)nc2c1. The molecular formula is C25H23N5O2. The summed E-state index contributed by atoms with van der Waals surface area (Å²) < 4.78 is 0. The molecule has 0 aliphatic carbocycles. The minimum absolute atomic E-state index is 0.0280. The summed E-state index contributed by atoms with van der Waals surface area (Å²) in [6, 6.07) is 16.9. The van der Waals surface area contributed by atoms with Crippen LogP contribution in [0.15, 0.2) is 67.0 Å². The monoisotopic (exact) mass is 425 g/mol. The van der Waals surface area contributed by atoms with Crippen LogP contribution in [0.3, 0.4) is 0 Å². The second-order valence-electron chi connectivity index (χ2n) is 8.09. The Morgan fingerprint density at radius 1 is 1.12 bits per heavy atom. The van der Waals surface area contributed by atoms with Gasteiger partial charge in [-0.05, 0) is 48.4 Å². The first-order valence-corrected chi connectivity index (χ1v) is 10.6. The number of para-hydroxylation sites is 1. The summed E-state index contributed by atoms with van der Waals surface area (Å²) in [6.07, 6.45) is 3.47. The Morgan fingerprint density at radius 3 is 2.75 bits per heavy atom. The second kappa shape index (κ2) is 8.26. The van der Waals surface area contributed by atoms with E-state index in [1.807, 2.05) is 43.3 Å². The minimum Gasteiger partial charge on any atom is -0.507 e. The predicted octanol–water partition coefficient (Wildman–Crippen LogP) is 3.46.